The first-order valence-corrected chi connectivity index (χ1v) is 9.14. The minimum Gasteiger partial charge on any atom is -0.459 e. The van der Waals surface area contributed by atoms with Gasteiger partial charge in [-0.2, -0.15) is 4.98 Å². The van der Waals surface area contributed by atoms with Crippen LogP contribution in [0, 0.1) is 0 Å². The van der Waals surface area contributed by atoms with Crippen LogP contribution in [0.3, 0.4) is 0 Å². The van der Waals surface area contributed by atoms with Crippen molar-refractivity contribution in [3.05, 3.63) is 54.3 Å². The van der Waals surface area contributed by atoms with E-state index in [1.54, 1.807) is 29.2 Å². The molecule has 1 aliphatic rings. The molecule has 1 fully saturated rings. The fourth-order valence-corrected chi connectivity index (χ4v) is 3.34. The number of piperidine rings is 1. The predicted octanol–water partition coefficient (Wildman–Crippen LogP) is 3.31. The van der Waals surface area contributed by atoms with Crippen molar-refractivity contribution in [1.29, 1.82) is 0 Å². The van der Waals surface area contributed by atoms with Gasteiger partial charge >= 0.3 is 0 Å². The van der Waals surface area contributed by atoms with Gasteiger partial charge in [0.2, 0.25) is 17.6 Å². The van der Waals surface area contributed by atoms with Crippen molar-refractivity contribution in [3.63, 3.8) is 0 Å². The number of nitrogens with zero attached hydrogens (tertiary/aromatic N) is 3. The Bertz CT molecular complexity index is 963. The van der Waals surface area contributed by atoms with Crippen molar-refractivity contribution in [2.75, 3.05) is 18.4 Å². The van der Waals surface area contributed by atoms with Gasteiger partial charge in [-0.15, -0.1) is 0 Å². The third-order valence-corrected chi connectivity index (χ3v) is 4.70. The fourth-order valence-electron chi connectivity index (χ4n) is 3.34. The van der Waals surface area contributed by atoms with Gasteiger partial charge in [-0.05, 0) is 49.2 Å². The van der Waals surface area contributed by atoms with Crippen molar-refractivity contribution in [1.82, 2.24) is 15.0 Å². The van der Waals surface area contributed by atoms with Crippen LogP contribution in [-0.2, 0) is 4.79 Å². The van der Waals surface area contributed by atoms with E-state index in [9.17, 15) is 9.59 Å². The average molecular weight is 380 g/mol. The summed E-state index contributed by atoms with van der Waals surface area (Å²) in [5.41, 5.74) is 1.50. The minimum absolute atomic E-state index is 0.00688. The summed E-state index contributed by atoms with van der Waals surface area (Å²) in [5.74, 6) is 1.10. The maximum Gasteiger partial charge on any atom is 0.289 e. The average Bonchev–Trinajstić information content (AvgIpc) is 3.40. The number of anilines is 1. The number of likely N-dealkylation sites (tertiary alicyclic amines) is 1. The van der Waals surface area contributed by atoms with Crippen molar-refractivity contribution < 1.29 is 18.5 Å². The SMILES string of the molecule is CC(=O)Nc1ccc(-c2noc([C@H]3CCCN(C(=O)c4ccco4)C3)n2)cc1. The summed E-state index contributed by atoms with van der Waals surface area (Å²) in [6.07, 6.45) is 3.24. The van der Waals surface area contributed by atoms with Crippen LogP contribution in [0.25, 0.3) is 11.4 Å². The number of rotatable bonds is 4. The van der Waals surface area contributed by atoms with Crippen LogP contribution in [0.5, 0.6) is 0 Å². The summed E-state index contributed by atoms with van der Waals surface area (Å²) in [7, 11) is 0. The molecule has 1 aliphatic heterocycles. The molecule has 2 aromatic heterocycles. The molecule has 3 aromatic rings. The van der Waals surface area contributed by atoms with E-state index in [4.69, 9.17) is 8.94 Å². The standard InChI is InChI=1S/C20H20N4O4/c1-13(25)21-16-8-6-14(7-9-16)18-22-19(28-23-18)15-4-2-10-24(12-15)20(26)17-5-3-11-27-17/h3,5-9,11,15H,2,4,10,12H2,1H3,(H,21,25)/t15-/m0/s1. The molecular weight excluding hydrogens is 360 g/mol. The number of hydrogen-bond acceptors (Lipinski definition) is 6. The summed E-state index contributed by atoms with van der Waals surface area (Å²) in [4.78, 5) is 29.9. The molecule has 0 spiro atoms. The Labute approximate surface area is 161 Å². The number of hydrogen-bond donors (Lipinski definition) is 1. The highest BCUT2D eigenvalue weighted by Gasteiger charge is 2.30. The first-order chi connectivity index (χ1) is 13.6. The summed E-state index contributed by atoms with van der Waals surface area (Å²) >= 11 is 0. The van der Waals surface area contributed by atoms with Gasteiger partial charge in [-0.25, -0.2) is 0 Å². The molecule has 144 valence electrons. The lowest BCUT2D eigenvalue weighted by molar-refractivity contribution is -0.114. The van der Waals surface area contributed by atoms with Crippen LogP contribution in [0.2, 0.25) is 0 Å². The number of nitrogens with one attached hydrogen (secondary N) is 1. The number of amides is 2. The van der Waals surface area contributed by atoms with Gasteiger partial charge in [0.05, 0.1) is 12.2 Å². The van der Waals surface area contributed by atoms with E-state index in [1.165, 1.54) is 13.2 Å². The van der Waals surface area contributed by atoms with Gasteiger partial charge in [0.25, 0.3) is 5.91 Å². The number of carbonyl (C=O) groups is 2. The first kappa shape index (κ1) is 18.0. The molecule has 1 saturated heterocycles. The Kier molecular flexibility index (Phi) is 4.92. The Morgan fingerprint density at radius 3 is 2.75 bits per heavy atom. The largest absolute Gasteiger partial charge is 0.459 e. The van der Waals surface area contributed by atoms with Crippen LogP contribution in [0.1, 0.15) is 42.1 Å². The highest BCUT2D eigenvalue weighted by Crippen LogP contribution is 2.28. The Morgan fingerprint density at radius 1 is 1.21 bits per heavy atom. The predicted molar refractivity (Wildman–Crippen MR) is 101 cm³/mol. The summed E-state index contributed by atoms with van der Waals surface area (Å²) < 4.78 is 10.7. The van der Waals surface area contributed by atoms with E-state index in [1.807, 2.05) is 12.1 Å². The van der Waals surface area contributed by atoms with E-state index in [2.05, 4.69) is 15.5 Å². The van der Waals surface area contributed by atoms with Crippen LogP contribution in [0.15, 0.2) is 51.6 Å². The number of furan rings is 1. The van der Waals surface area contributed by atoms with E-state index < -0.39 is 0 Å². The minimum atomic E-state index is -0.124. The Balaban J connectivity index is 1.46. The monoisotopic (exact) mass is 380 g/mol. The topological polar surface area (TPSA) is 101 Å². The highest BCUT2D eigenvalue weighted by molar-refractivity contribution is 5.91. The zero-order valence-electron chi connectivity index (χ0n) is 15.4. The van der Waals surface area contributed by atoms with E-state index in [-0.39, 0.29) is 17.7 Å². The third-order valence-electron chi connectivity index (χ3n) is 4.70. The van der Waals surface area contributed by atoms with Crippen LogP contribution in [-0.4, -0.2) is 39.9 Å². The van der Waals surface area contributed by atoms with Crippen LogP contribution >= 0.6 is 0 Å². The van der Waals surface area contributed by atoms with E-state index >= 15 is 0 Å². The molecule has 0 saturated carbocycles. The van der Waals surface area contributed by atoms with Gasteiger partial charge < -0.3 is 19.2 Å². The first-order valence-electron chi connectivity index (χ1n) is 9.14. The number of carbonyl (C=O) groups excluding carboxylic acids is 2. The van der Waals surface area contributed by atoms with Gasteiger partial charge in [-0.3, -0.25) is 9.59 Å². The van der Waals surface area contributed by atoms with Gasteiger partial charge in [0, 0.05) is 31.3 Å². The molecule has 0 radical (unpaired) electrons. The molecule has 4 rings (SSSR count). The van der Waals surface area contributed by atoms with E-state index in [0.717, 1.165) is 18.4 Å². The second-order valence-corrected chi connectivity index (χ2v) is 6.78. The number of aromatic nitrogens is 2. The smallest absolute Gasteiger partial charge is 0.289 e. The molecule has 1 aromatic carbocycles. The lowest BCUT2D eigenvalue weighted by Gasteiger charge is -2.30. The third kappa shape index (κ3) is 3.80. The van der Waals surface area contributed by atoms with Crippen molar-refractivity contribution in [3.8, 4) is 11.4 Å². The normalized spacial score (nSPS) is 16.8. The fraction of sp³-hybridized carbons (Fsp3) is 0.300. The van der Waals surface area contributed by atoms with Crippen LogP contribution < -0.4 is 5.32 Å². The van der Waals surface area contributed by atoms with E-state index in [0.29, 0.717) is 36.3 Å². The van der Waals surface area contributed by atoms with Crippen molar-refractivity contribution in [2.24, 2.45) is 0 Å². The lowest BCUT2D eigenvalue weighted by Crippen LogP contribution is -2.39. The summed E-state index contributed by atoms with van der Waals surface area (Å²) in [6, 6.07) is 10.6. The highest BCUT2D eigenvalue weighted by atomic mass is 16.5. The second-order valence-electron chi connectivity index (χ2n) is 6.78. The van der Waals surface area contributed by atoms with Gasteiger partial charge in [-0.1, -0.05) is 5.16 Å². The molecule has 3 heterocycles. The van der Waals surface area contributed by atoms with Crippen molar-refractivity contribution in [2.45, 2.75) is 25.7 Å². The molecule has 0 aliphatic carbocycles. The Hall–Kier alpha value is -3.42. The molecule has 8 nitrogen and oxygen atoms in total. The number of benzene rings is 1. The Morgan fingerprint density at radius 2 is 2.04 bits per heavy atom. The zero-order valence-corrected chi connectivity index (χ0v) is 15.4. The van der Waals surface area contributed by atoms with Crippen molar-refractivity contribution >= 4 is 17.5 Å². The molecule has 1 N–H and O–H groups in total. The maximum absolute atomic E-state index is 12.5. The van der Waals surface area contributed by atoms with Crippen LogP contribution in [0.4, 0.5) is 5.69 Å². The van der Waals surface area contributed by atoms with Gasteiger partial charge in [0.1, 0.15) is 0 Å². The molecule has 8 heteroatoms. The molecule has 28 heavy (non-hydrogen) atoms. The summed E-state index contributed by atoms with van der Waals surface area (Å²) in [5, 5.41) is 6.80. The zero-order chi connectivity index (χ0) is 19.5. The molecule has 0 unspecified atom stereocenters. The quantitative estimate of drug-likeness (QED) is 0.745. The lowest BCUT2D eigenvalue weighted by atomic mass is 9.97. The second kappa shape index (κ2) is 7.67. The molecule has 2 amide bonds. The molecule has 0 bridgehead atoms. The molecule has 1 atom stereocenters. The maximum atomic E-state index is 12.5. The molecular formula is C20H20N4O4. The van der Waals surface area contributed by atoms with Gasteiger partial charge in [0.15, 0.2) is 5.76 Å². The summed E-state index contributed by atoms with van der Waals surface area (Å²) in [6.45, 7) is 2.66.